The minimum atomic E-state index is -0.515. The molecule has 1 saturated heterocycles. The Kier molecular flexibility index (Phi) is 7.40. The fraction of sp³-hybridized carbons (Fsp3) is 0.522. The molecule has 1 fully saturated rings. The van der Waals surface area contributed by atoms with E-state index in [1.54, 1.807) is 21.7 Å². The van der Waals surface area contributed by atoms with Crippen molar-refractivity contribution in [1.29, 1.82) is 0 Å². The Labute approximate surface area is 199 Å². The van der Waals surface area contributed by atoms with Gasteiger partial charge in [-0.25, -0.2) is 9.48 Å². The van der Waals surface area contributed by atoms with Crippen LogP contribution in [0.15, 0.2) is 18.2 Å². The summed E-state index contributed by atoms with van der Waals surface area (Å²) in [5.74, 6) is -0.0614. The third kappa shape index (κ3) is 5.95. The van der Waals surface area contributed by atoms with Crippen molar-refractivity contribution in [3.63, 3.8) is 0 Å². The highest BCUT2D eigenvalue weighted by Crippen LogP contribution is 2.27. The average Bonchev–Trinajstić information content (AvgIpc) is 2.95. The number of aryl methyl sites for hydroxylation is 1. The lowest BCUT2D eigenvalue weighted by Crippen LogP contribution is -2.48. The van der Waals surface area contributed by atoms with E-state index >= 15 is 0 Å². The summed E-state index contributed by atoms with van der Waals surface area (Å²) in [6.45, 7) is 10.5. The van der Waals surface area contributed by atoms with Gasteiger partial charge in [0.15, 0.2) is 0 Å². The Balaban J connectivity index is 1.59. The van der Waals surface area contributed by atoms with E-state index in [0.29, 0.717) is 36.0 Å². The van der Waals surface area contributed by atoms with E-state index in [-0.39, 0.29) is 24.5 Å². The number of nitrogens with one attached hydrogen (secondary N) is 1. The van der Waals surface area contributed by atoms with Crippen LogP contribution in [0.3, 0.4) is 0 Å². The summed E-state index contributed by atoms with van der Waals surface area (Å²) in [5, 5.41) is 8.73. The number of rotatable bonds is 4. The van der Waals surface area contributed by atoms with Gasteiger partial charge in [0.1, 0.15) is 5.60 Å². The number of aromatic nitrogens is 2. The van der Waals surface area contributed by atoms with E-state index < -0.39 is 5.60 Å². The van der Waals surface area contributed by atoms with Gasteiger partial charge in [-0.2, -0.15) is 5.10 Å². The van der Waals surface area contributed by atoms with Gasteiger partial charge in [-0.15, -0.1) is 0 Å². The quantitative estimate of drug-likeness (QED) is 0.677. The van der Waals surface area contributed by atoms with Crippen LogP contribution in [0.1, 0.15) is 50.6 Å². The van der Waals surface area contributed by atoms with Gasteiger partial charge in [-0.3, -0.25) is 4.79 Å². The molecule has 9 heteroatoms. The van der Waals surface area contributed by atoms with Crippen LogP contribution in [-0.2, 0) is 16.0 Å². The monoisotopic (exact) mass is 480 g/mol. The number of halogens is 2. The molecule has 0 saturated carbocycles. The van der Waals surface area contributed by atoms with E-state index in [0.717, 1.165) is 22.6 Å². The molecule has 2 amide bonds. The van der Waals surface area contributed by atoms with Crippen LogP contribution in [0, 0.1) is 13.8 Å². The fourth-order valence-corrected chi connectivity index (χ4v) is 4.28. The highest BCUT2D eigenvalue weighted by Gasteiger charge is 2.28. The molecular weight excluding hydrogens is 451 g/mol. The lowest BCUT2D eigenvalue weighted by molar-refractivity contribution is -0.121. The molecule has 0 unspecified atom stereocenters. The summed E-state index contributed by atoms with van der Waals surface area (Å²) in [7, 11) is 0. The topological polar surface area (TPSA) is 76.5 Å². The third-order valence-electron chi connectivity index (χ3n) is 5.43. The number of piperidine rings is 1. The number of likely N-dealkylation sites (tertiary alicyclic amines) is 1. The molecule has 0 aliphatic carbocycles. The number of hydrogen-bond acceptors (Lipinski definition) is 4. The Morgan fingerprint density at radius 3 is 2.44 bits per heavy atom. The van der Waals surface area contributed by atoms with Crippen LogP contribution < -0.4 is 5.32 Å². The second kappa shape index (κ2) is 9.71. The first-order valence-corrected chi connectivity index (χ1v) is 11.5. The number of nitrogens with zero attached hydrogens (tertiary/aromatic N) is 3. The number of carbonyl (C=O) groups excluding carboxylic acids is 2. The molecule has 2 aromatic rings. The van der Waals surface area contributed by atoms with Crippen LogP contribution in [0.4, 0.5) is 4.79 Å². The maximum absolute atomic E-state index is 12.7. The second-order valence-corrected chi connectivity index (χ2v) is 9.99. The standard InChI is InChI=1S/C23H30Cl2N4O3/c1-14-18(15(2)29(27-14)20-7-6-16(24)12-19(20)25)13-21(30)26-17-8-10-28(11-9-17)22(31)32-23(3,4)5/h6-7,12,17H,8-11,13H2,1-5H3,(H,26,30). The summed E-state index contributed by atoms with van der Waals surface area (Å²) in [6.07, 6.45) is 1.32. The summed E-state index contributed by atoms with van der Waals surface area (Å²) in [4.78, 5) is 26.7. The van der Waals surface area contributed by atoms with E-state index in [1.165, 1.54) is 0 Å². The van der Waals surface area contributed by atoms with Gasteiger partial charge in [0.2, 0.25) is 5.91 Å². The van der Waals surface area contributed by atoms with E-state index in [9.17, 15) is 9.59 Å². The van der Waals surface area contributed by atoms with Crippen molar-refractivity contribution >= 4 is 35.2 Å². The Hall–Kier alpha value is -2.25. The fourth-order valence-electron chi connectivity index (χ4n) is 3.79. The smallest absolute Gasteiger partial charge is 0.410 e. The Bertz CT molecular complexity index is 1010. The third-order valence-corrected chi connectivity index (χ3v) is 5.97. The molecule has 1 aromatic carbocycles. The molecule has 174 valence electrons. The predicted molar refractivity (Wildman–Crippen MR) is 126 cm³/mol. The van der Waals surface area contributed by atoms with E-state index in [4.69, 9.17) is 27.9 Å². The number of ether oxygens (including phenoxy) is 1. The zero-order valence-electron chi connectivity index (χ0n) is 19.2. The molecule has 0 spiro atoms. The molecule has 32 heavy (non-hydrogen) atoms. The maximum Gasteiger partial charge on any atom is 0.410 e. The predicted octanol–water partition coefficient (Wildman–Crippen LogP) is 4.85. The van der Waals surface area contributed by atoms with Crippen molar-refractivity contribution < 1.29 is 14.3 Å². The Morgan fingerprint density at radius 2 is 1.84 bits per heavy atom. The molecule has 7 nitrogen and oxygen atoms in total. The number of benzene rings is 1. The van der Waals surface area contributed by atoms with Crippen molar-refractivity contribution in [2.45, 2.75) is 65.5 Å². The molecule has 1 N–H and O–H groups in total. The lowest BCUT2D eigenvalue weighted by Gasteiger charge is -2.33. The Morgan fingerprint density at radius 1 is 1.19 bits per heavy atom. The minimum Gasteiger partial charge on any atom is -0.444 e. The lowest BCUT2D eigenvalue weighted by atomic mass is 10.0. The van der Waals surface area contributed by atoms with Gasteiger partial charge >= 0.3 is 6.09 Å². The zero-order valence-corrected chi connectivity index (χ0v) is 20.7. The number of carbonyl (C=O) groups is 2. The first kappa shape index (κ1) is 24.4. The first-order valence-electron chi connectivity index (χ1n) is 10.7. The minimum absolute atomic E-state index is 0.0301. The van der Waals surface area contributed by atoms with Gasteiger partial charge in [-0.1, -0.05) is 23.2 Å². The van der Waals surface area contributed by atoms with Crippen molar-refractivity contribution in [2.24, 2.45) is 0 Å². The molecule has 1 aliphatic rings. The van der Waals surface area contributed by atoms with Crippen LogP contribution >= 0.6 is 23.2 Å². The number of amides is 2. The van der Waals surface area contributed by atoms with E-state index in [2.05, 4.69) is 10.4 Å². The van der Waals surface area contributed by atoms with Gasteiger partial charge in [-0.05, 0) is 65.7 Å². The number of hydrogen-bond donors (Lipinski definition) is 1. The summed E-state index contributed by atoms with van der Waals surface area (Å²) >= 11 is 12.3. The van der Waals surface area contributed by atoms with Crippen LogP contribution in [0.2, 0.25) is 10.0 Å². The van der Waals surface area contributed by atoms with Gasteiger partial charge in [0, 0.05) is 35.4 Å². The van der Waals surface area contributed by atoms with Crippen LogP contribution in [-0.4, -0.2) is 51.4 Å². The maximum atomic E-state index is 12.7. The van der Waals surface area contributed by atoms with E-state index in [1.807, 2.05) is 40.7 Å². The SMILES string of the molecule is Cc1nn(-c2ccc(Cl)cc2Cl)c(C)c1CC(=O)NC1CCN(C(=O)OC(C)(C)C)CC1. The molecule has 0 atom stereocenters. The zero-order chi connectivity index (χ0) is 23.6. The average molecular weight is 481 g/mol. The molecular formula is C23H30Cl2N4O3. The molecule has 2 heterocycles. The van der Waals surface area contributed by atoms with Gasteiger partial charge in [0.05, 0.1) is 22.8 Å². The van der Waals surface area contributed by atoms with Gasteiger partial charge in [0.25, 0.3) is 0 Å². The van der Waals surface area contributed by atoms with Crippen LogP contribution in [0.25, 0.3) is 5.69 Å². The van der Waals surface area contributed by atoms with Crippen molar-refractivity contribution in [1.82, 2.24) is 20.0 Å². The second-order valence-electron chi connectivity index (χ2n) is 9.14. The first-order chi connectivity index (χ1) is 14.9. The summed E-state index contributed by atoms with van der Waals surface area (Å²) in [5.41, 5.74) is 2.72. The molecule has 1 aliphatic heterocycles. The van der Waals surface area contributed by atoms with Crippen molar-refractivity contribution in [3.05, 3.63) is 45.2 Å². The highest BCUT2D eigenvalue weighted by molar-refractivity contribution is 6.35. The molecule has 0 bridgehead atoms. The molecule has 3 rings (SSSR count). The summed E-state index contributed by atoms with van der Waals surface area (Å²) in [6, 6.07) is 5.27. The molecule has 0 radical (unpaired) electrons. The highest BCUT2D eigenvalue weighted by atomic mass is 35.5. The van der Waals surface area contributed by atoms with Crippen LogP contribution in [0.5, 0.6) is 0 Å². The largest absolute Gasteiger partial charge is 0.444 e. The summed E-state index contributed by atoms with van der Waals surface area (Å²) < 4.78 is 7.17. The molecule has 1 aromatic heterocycles. The van der Waals surface area contributed by atoms with Crippen molar-refractivity contribution in [2.75, 3.05) is 13.1 Å². The normalized spacial score (nSPS) is 15.0. The van der Waals surface area contributed by atoms with Gasteiger partial charge < -0.3 is 15.0 Å². The van der Waals surface area contributed by atoms with Crippen molar-refractivity contribution in [3.8, 4) is 5.69 Å².